The number of benzene rings is 1. The standard InChI is InChI=1S/C18H18N2O3/c1-12(16-10-13-6-3-4-8-15(13)23-16)20-17(18(21)22-2)14-7-5-9-19-11-14/h3-12,17,20H,1-2H3/t12-,17+/m1/s1. The van der Waals surface area contributed by atoms with Crippen LogP contribution < -0.4 is 5.32 Å². The van der Waals surface area contributed by atoms with Gasteiger partial charge in [-0.2, -0.15) is 0 Å². The Morgan fingerprint density at radius 2 is 2.09 bits per heavy atom. The number of ether oxygens (including phenoxy) is 1. The van der Waals surface area contributed by atoms with E-state index in [-0.39, 0.29) is 12.0 Å². The number of fused-ring (bicyclic) bond motifs is 1. The second-order valence-electron chi connectivity index (χ2n) is 5.32. The first kappa shape index (κ1) is 15.2. The van der Waals surface area contributed by atoms with Gasteiger partial charge in [-0.25, -0.2) is 4.79 Å². The number of rotatable bonds is 5. The summed E-state index contributed by atoms with van der Waals surface area (Å²) in [5, 5.41) is 4.29. The fourth-order valence-corrected chi connectivity index (χ4v) is 2.51. The molecule has 0 spiro atoms. The molecule has 5 heteroatoms. The topological polar surface area (TPSA) is 64.4 Å². The largest absolute Gasteiger partial charge is 0.468 e. The summed E-state index contributed by atoms with van der Waals surface area (Å²) in [6.07, 6.45) is 3.32. The van der Waals surface area contributed by atoms with E-state index in [1.165, 1.54) is 7.11 Å². The Bertz CT molecular complexity index is 765. The molecule has 0 bridgehead atoms. The van der Waals surface area contributed by atoms with Crippen LogP contribution in [-0.2, 0) is 9.53 Å². The Morgan fingerprint density at radius 1 is 1.26 bits per heavy atom. The molecule has 0 aliphatic rings. The lowest BCUT2D eigenvalue weighted by molar-refractivity contribution is -0.143. The molecular weight excluding hydrogens is 292 g/mol. The molecule has 0 unspecified atom stereocenters. The summed E-state index contributed by atoms with van der Waals surface area (Å²) in [6.45, 7) is 1.95. The number of furan rings is 1. The average molecular weight is 310 g/mol. The van der Waals surface area contributed by atoms with Crippen LogP contribution in [0.1, 0.15) is 30.3 Å². The number of nitrogens with zero attached hydrogens (tertiary/aromatic N) is 1. The van der Waals surface area contributed by atoms with Crippen LogP contribution in [0.3, 0.4) is 0 Å². The van der Waals surface area contributed by atoms with Crippen LogP contribution in [0.15, 0.2) is 59.3 Å². The normalized spacial score (nSPS) is 13.7. The lowest BCUT2D eigenvalue weighted by Gasteiger charge is -2.20. The minimum atomic E-state index is -0.600. The van der Waals surface area contributed by atoms with Gasteiger partial charge in [0.25, 0.3) is 0 Å². The zero-order valence-corrected chi connectivity index (χ0v) is 13.0. The number of carbonyl (C=O) groups is 1. The first-order valence-corrected chi connectivity index (χ1v) is 7.41. The molecule has 23 heavy (non-hydrogen) atoms. The van der Waals surface area contributed by atoms with Gasteiger partial charge in [0.2, 0.25) is 0 Å². The fraction of sp³-hybridized carbons (Fsp3) is 0.222. The molecule has 5 nitrogen and oxygen atoms in total. The van der Waals surface area contributed by atoms with E-state index in [1.807, 2.05) is 43.3 Å². The Balaban J connectivity index is 1.85. The summed E-state index contributed by atoms with van der Waals surface area (Å²) in [5.74, 6) is 0.407. The van der Waals surface area contributed by atoms with Crippen molar-refractivity contribution >= 4 is 16.9 Å². The highest BCUT2D eigenvalue weighted by Gasteiger charge is 2.25. The van der Waals surface area contributed by atoms with Crippen LogP contribution in [0.2, 0.25) is 0 Å². The highest BCUT2D eigenvalue weighted by Crippen LogP contribution is 2.26. The summed E-state index contributed by atoms with van der Waals surface area (Å²) >= 11 is 0. The smallest absolute Gasteiger partial charge is 0.327 e. The van der Waals surface area contributed by atoms with Crippen LogP contribution in [0.4, 0.5) is 0 Å². The van der Waals surface area contributed by atoms with E-state index in [0.717, 1.165) is 22.3 Å². The maximum atomic E-state index is 12.1. The molecule has 0 aliphatic carbocycles. The second kappa shape index (κ2) is 6.62. The van der Waals surface area contributed by atoms with Crippen molar-refractivity contribution in [1.82, 2.24) is 10.3 Å². The quantitative estimate of drug-likeness (QED) is 0.732. The zero-order valence-electron chi connectivity index (χ0n) is 13.0. The molecular formula is C18H18N2O3. The number of hydrogen-bond acceptors (Lipinski definition) is 5. The molecule has 2 atom stereocenters. The van der Waals surface area contributed by atoms with Gasteiger partial charge in [-0.15, -0.1) is 0 Å². The van der Waals surface area contributed by atoms with E-state index in [2.05, 4.69) is 10.3 Å². The van der Waals surface area contributed by atoms with E-state index in [1.54, 1.807) is 18.5 Å². The van der Waals surface area contributed by atoms with Crippen molar-refractivity contribution in [2.45, 2.75) is 19.0 Å². The molecule has 2 aromatic heterocycles. The number of pyridine rings is 1. The molecule has 1 aromatic carbocycles. The number of hydrogen-bond donors (Lipinski definition) is 1. The minimum Gasteiger partial charge on any atom is -0.468 e. The molecule has 3 rings (SSSR count). The highest BCUT2D eigenvalue weighted by molar-refractivity contribution is 5.78. The zero-order chi connectivity index (χ0) is 16.2. The predicted octanol–water partition coefficient (Wildman–Crippen LogP) is 3.39. The van der Waals surface area contributed by atoms with Crippen molar-refractivity contribution in [3.63, 3.8) is 0 Å². The SMILES string of the molecule is COC(=O)[C@@H](N[C@H](C)c1cc2ccccc2o1)c1cccnc1. The van der Waals surface area contributed by atoms with Crippen LogP contribution in [0, 0.1) is 0 Å². The number of nitrogens with one attached hydrogen (secondary N) is 1. The molecule has 118 valence electrons. The maximum absolute atomic E-state index is 12.1. The van der Waals surface area contributed by atoms with Crippen molar-refractivity contribution in [1.29, 1.82) is 0 Å². The number of esters is 1. The fourth-order valence-electron chi connectivity index (χ4n) is 2.51. The predicted molar refractivity (Wildman–Crippen MR) is 86.8 cm³/mol. The Morgan fingerprint density at radius 3 is 2.78 bits per heavy atom. The van der Waals surface area contributed by atoms with Gasteiger partial charge in [0.15, 0.2) is 0 Å². The van der Waals surface area contributed by atoms with Gasteiger partial charge in [0, 0.05) is 17.8 Å². The van der Waals surface area contributed by atoms with E-state index < -0.39 is 6.04 Å². The summed E-state index contributed by atoms with van der Waals surface area (Å²) in [4.78, 5) is 16.2. The van der Waals surface area contributed by atoms with Gasteiger partial charge >= 0.3 is 5.97 Å². The Hall–Kier alpha value is -2.66. The molecule has 3 aromatic rings. The van der Waals surface area contributed by atoms with Crippen molar-refractivity contribution in [2.24, 2.45) is 0 Å². The lowest BCUT2D eigenvalue weighted by atomic mass is 10.1. The van der Waals surface area contributed by atoms with Gasteiger partial charge < -0.3 is 9.15 Å². The van der Waals surface area contributed by atoms with Gasteiger partial charge in [0.1, 0.15) is 17.4 Å². The van der Waals surface area contributed by atoms with Gasteiger partial charge in [-0.05, 0) is 30.7 Å². The molecule has 0 saturated carbocycles. The number of para-hydroxylation sites is 1. The Kier molecular flexibility index (Phi) is 4.39. The molecule has 0 amide bonds. The summed E-state index contributed by atoms with van der Waals surface area (Å²) in [5.41, 5.74) is 1.58. The van der Waals surface area contributed by atoms with E-state index in [9.17, 15) is 4.79 Å². The average Bonchev–Trinajstić information content (AvgIpc) is 3.04. The lowest BCUT2D eigenvalue weighted by Crippen LogP contribution is -2.31. The first-order valence-electron chi connectivity index (χ1n) is 7.41. The van der Waals surface area contributed by atoms with Gasteiger partial charge in [-0.1, -0.05) is 24.3 Å². The summed E-state index contributed by atoms with van der Waals surface area (Å²) < 4.78 is 10.8. The molecule has 1 N–H and O–H groups in total. The third-order valence-electron chi connectivity index (χ3n) is 3.74. The number of aromatic nitrogens is 1. The van der Waals surface area contributed by atoms with Crippen LogP contribution in [-0.4, -0.2) is 18.1 Å². The second-order valence-corrected chi connectivity index (χ2v) is 5.32. The van der Waals surface area contributed by atoms with E-state index >= 15 is 0 Å². The van der Waals surface area contributed by atoms with Gasteiger partial charge in [0.05, 0.1) is 13.2 Å². The van der Waals surface area contributed by atoms with Gasteiger partial charge in [-0.3, -0.25) is 10.3 Å². The monoisotopic (exact) mass is 310 g/mol. The van der Waals surface area contributed by atoms with Crippen molar-refractivity contribution in [3.05, 3.63) is 66.2 Å². The minimum absolute atomic E-state index is 0.160. The van der Waals surface area contributed by atoms with Crippen LogP contribution in [0.25, 0.3) is 11.0 Å². The van der Waals surface area contributed by atoms with Crippen molar-refractivity contribution in [2.75, 3.05) is 7.11 Å². The third-order valence-corrected chi connectivity index (χ3v) is 3.74. The van der Waals surface area contributed by atoms with E-state index in [4.69, 9.17) is 9.15 Å². The Labute approximate surface area is 134 Å². The molecule has 0 fully saturated rings. The van der Waals surface area contributed by atoms with Crippen LogP contribution in [0.5, 0.6) is 0 Å². The molecule has 0 radical (unpaired) electrons. The van der Waals surface area contributed by atoms with Crippen LogP contribution >= 0.6 is 0 Å². The summed E-state index contributed by atoms with van der Waals surface area (Å²) in [7, 11) is 1.37. The first-order chi connectivity index (χ1) is 11.2. The maximum Gasteiger partial charge on any atom is 0.327 e. The summed E-state index contributed by atoms with van der Waals surface area (Å²) in [6, 6.07) is 12.7. The van der Waals surface area contributed by atoms with Crippen molar-refractivity contribution in [3.8, 4) is 0 Å². The number of carbonyl (C=O) groups excluding carboxylic acids is 1. The molecule has 0 saturated heterocycles. The number of methoxy groups -OCH3 is 1. The van der Waals surface area contributed by atoms with Crippen molar-refractivity contribution < 1.29 is 13.9 Å². The molecule has 0 aliphatic heterocycles. The molecule has 2 heterocycles. The highest BCUT2D eigenvalue weighted by atomic mass is 16.5. The van der Waals surface area contributed by atoms with E-state index in [0.29, 0.717) is 0 Å². The third kappa shape index (κ3) is 3.24.